The van der Waals surface area contributed by atoms with Crippen LogP contribution in [0.2, 0.25) is 10.2 Å². The lowest BCUT2D eigenvalue weighted by molar-refractivity contribution is 0.399. The highest BCUT2D eigenvalue weighted by atomic mass is 35.5. The summed E-state index contributed by atoms with van der Waals surface area (Å²) in [6, 6.07) is 8.74. The number of thioether (sulfide) groups is 1. The second-order valence-corrected chi connectivity index (χ2v) is 6.50. The molecule has 2 aromatic heterocycles. The molecule has 0 spiro atoms. The highest BCUT2D eigenvalue weighted by Gasteiger charge is 2.15. The second-order valence-electron chi connectivity index (χ2n) is 4.76. The highest BCUT2D eigenvalue weighted by Crippen LogP contribution is 2.31. The Morgan fingerprint density at radius 1 is 1.12 bits per heavy atom. The van der Waals surface area contributed by atoms with E-state index in [0.29, 0.717) is 44.0 Å². The fraction of sp³-hybridized carbons (Fsp3) is 0.200. The van der Waals surface area contributed by atoms with Crippen LogP contribution in [0.1, 0.15) is 5.69 Å². The lowest BCUT2D eigenvalue weighted by Gasteiger charge is -2.11. The van der Waals surface area contributed by atoms with E-state index in [1.54, 1.807) is 49.2 Å². The van der Waals surface area contributed by atoms with Gasteiger partial charge in [0.15, 0.2) is 0 Å². The zero-order chi connectivity index (χ0) is 17.8. The molecule has 1 aromatic carbocycles. The molecule has 0 aliphatic carbocycles. The van der Waals surface area contributed by atoms with Gasteiger partial charge in [-0.1, -0.05) is 35.0 Å². The molecular weight excluding hydrogens is 385 g/mol. The van der Waals surface area contributed by atoms with Gasteiger partial charge >= 0.3 is 0 Å². The van der Waals surface area contributed by atoms with Crippen molar-refractivity contribution in [1.29, 1.82) is 0 Å². The van der Waals surface area contributed by atoms with E-state index in [9.17, 15) is 0 Å². The number of benzene rings is 1. The Balaban J connectivity index is 1.89. The number of pyridine rings is 1. The van der Waals surface area contributed by atoms with E-state index < -0.39 is 0 Å². The number of aromatic nitrogens is 5. The van der Waals surface area contributed by atoms with E-state index in [-0.39, 0.29) is 0 Å². The maximum absolute atomic E-state index is 6.15. The quantitative estimate of drug-likeness (QED) is 0.463. The summed E-state index contributed by atoms with van der Waals surface area (Å²) in [7, 11) is 3.17. The third-order valence-electron chi connectivity index (χ3n) is 3.28. The molecule has 3 aromatic rings. The van der Waals surface area contributed by atoms with E-state index in [1.165, 1.54) is 11.8 Å². The molecule has 0 N–H and O–H groups in total. The minimum absolute atomic E-state index is 0.383. The van der Waals surface area contributed by atoms with Gasteiger partial charge in [-0.25, -0.2) is 4.98 Å². The zero-order valence-corrected chi connectivity index (χ0v) is 15.6. The molecule has 0 unspecified atom stereocenters. The van der Waals surface area contributed by atoms with Crippen molar-refractivity contribution < 1.29 is 9.47 Å². The van der Waals surface area contributed by atoms with Gasteiger partial charge in [0.25, 0.3) is 0 Å². The summed E-state index contributed by atoms with van der Waals surface area (Å²) in [6.45, 7) is 0. The average molecular weight is 398 g/mol. The second kappa shape index (κ2) is 7.90. The molecule has 0 radical (unpaired) electrons. The fourth-order valence-corrected chi connectivity index (χ4v) is 3.33. The number of hydrogen-bond acceptors (Lipinski definition) is 7. The summed E-state index contributed by atoms with van der Waals surface area (Å²) in [5.41, 5.74) is 1.32. The van der Waals surface area contributed by atoms with Crippen molar-refractivity contribution in [1.82, 2.24) is 25.2 Å². The highest BCUT2D eigenvalue weighted by molar-refractivity contribution is 7.98. The smallest absolute Gasteiger partial charge is 0.214 e. The van der Waals surface area contributed by atoms with E-state index in [0.717, 1.165) is 0 Å². The number of methoxy groups -OCH3 is 2. The summed E-state index contributed by atoms with van der Waals surface area (Å²) in [5.74, 6) is 1.75. The van der Waals surface area contributed by atoms with Crippen molar-refractivity contribution in [2.45, 2.75) is 10.9 Å². The molecule has 25 heavy (non-hydrogen) atoms. The van der Waals surface area contributed by atoms with Crippen LogP contribution in [-0.2, 0) is 5.75 Å². The molecule has 7 nitrogen and oxygen atoms in total. The molecule has 2 heterocycles. The molecule has 0 fully saturated rings. The Morgan fingerprint density at radius 2 is 1.96 bits per heavy atom. The summed E-state index contributed by atoms with van der Waals surface area (Å²) in [4.78, 5) is 4.23. The molecule has 0 aliphatic rings. The number of nitrogens with zero attached hydrogens (tertiary/aromatic N) is 5. The van der Waals surface area contributed by atoms with Crippen molar-refractivity contribution in [2.24, 2.45) is 0 Å². The Bertz CT molecular complexity index is 890. The largest absolute Gasteiger partial charge is 0.497 e. The number of ether oxygens (including phenoxy) is 2. The van der Waals surface area contributed by atoms with E-state index in [1.807, 2.05) is 0 Å². The molecule has 0 saturated heterocycles. The molecule has 0 saturated carbocycles. The summed E-state index contributed by atoms with van der Waals surface area (Å²) in [6.07, 6.45) is 0. The van der Waals surface area contributed by atoms with Crippen LogP contribution in [0.5, 0.6) is 11.5 Å². The minimum Gasteiger partial charge on any atom is -0.497 e. The van der Waals surface area contributed by atoms with Crippen LogP contribution in [0.15, 0.2) is 35.5 Å². The predicted molar refractivity (Wildman–Crippen MR) is 96.1 cm³/mol. The topological polar surface area (TPSA) is 75.0 Å². The van der Waals surface area contributed by atoms with Crippen molar-refractivity contribution in [3.8, 4) is 17.2 Å². The maximum Gasteiger partial charge on any atom is 0.214 e. The molecule has 0 atom stereocenters. The van der Waals surface area contributed by atoms with E-state index in [4.69, 9.17) is 32.7 Å². The first-order chi connectivity index (χ1) is 12.1. The van der Waals surface area contributed by atoms with Crippen LogP contribution in [0.25, 0.3) is 5.69 Å². The average Bonchev–Trinajstić information content (AvgIpc) is 3.10. The summed E-state index contributed by atoms with van der Waals surface area (Å²) >= 11 is 13.5. The first kappa shape index (κ1) is 17.8. The van der Waals surface area contributed by atoms with Gasteiger partial charge in [-0.2, -0.15) is 4.68 Å². The first-order valence-electron chi connectivity index (χ1n) is 7.07. The van der Waals surface area contributed by atoms with Crippen molar-refractivity contribution in [2.75, 3.05) is 14.2 Å². The van der Waals surface area contributed by atoms with Gasteiger partial charge in [-0.05, 0) is 34.7 Å². The molecule has 0 bridgehead atoms. The van der Waals surface area contributed by atoms with Crippen molar-refractivity contribution in [3.05, 3.63) is 46.2 Å². The van der Waals surface area contributed by atoms with Gasteiger partial charge < -0.3 is 9.47 Å². The predicted octanol–water partition coefficient (Wildman–Crippen LogP) is 3.67. The van der Waals surface area contributed by atoms with Crippen LogP contribution >= 0.6 is 35.0 Å². The number of tetrazole rings is 1. The lowest BCUT2D eigenvalue weighted by atomic mass is 10.3. The SMILES string of the molecule is COc1ccc(OC)c(-n2nnnc2SCc2nc(Cl)ccc2Cl)c1. The number of halogens is 2. The van der Waals surface area contributed by atoms with Crippen molar-refractivity contribution in [3.63, 3.8) is 0 Å². The molecule has 10 heteroatoms. The number of rotatable bonds is 6. The van der Waals surface area contributed by atoms with E-state index in [2.05, 4.69) is 20.5 Å². The number of hydrogen-bond donors (Lipinski definition) is 0. The van der Waals surface area contributed by atoms with E-state index >= 15 is 0 Å². The zero-order valence-electron chi connectivity index (χ0n) is 13.3. The van der Waals surface area contributed by atoms with Crippen LogP contribution in [-0.4, -0.2) is 39.4 Å². The maximum atomic E-state index is 6.15. The van der Waals surface area contributed by atoms with Crippen LogP contribution in [0, 0.1) is 0 Å². The standard InChI is InChI=1S/C15H13Cl2N5O2S/c1-23-9-3-5-13(24-2)12(7-9)22-15(19-20-21-22)25-8-11-10(16)4-6-14(17)18-11/h3-7H,8H2,1-2H3. The lowest BCUT2D eigenvalue weighted by Crippen LogP contribution is -2.03. The molecule has 0 aliphatic heterocycles. The summed E-state index contributed by atoms with van der Waals surface area (Å²) in [5, 5.41) is 13.3. The third kappa shape index (κ3) is 3.97. The van der Waals surface area contributed by atoms with Crippen LogP contribution in [0.4, 0.5) is 0 Å². The molecular formula is C15H13Cl2N5O2S. The van der Waals surface area contributed by atoms with Gasteiger partial charge in [-0.15, -0.1) is 5.10 Å². The third-order valence-corrected chi connectivity index (χ3v) is 4.76. The van der Waals surface area contributed by atoms with Gasteiger partial charge in [0.05, 0.1) is 24.9 Å². The molecule has 130 valence electrons. The monoisotopic (exact) mass is 397 g/mol. The van der Waals surface area contributed by atoms with Crippen molar-refractivity contribution >= 4 is 35.0 Å². The van der Waals surface area contributed by atoms with Gasteiger partial charge in [0.2, 0.25) is 5.16 Å². The Labute approximate surface area is 158 Å². The Kier molecular flexibility index (Phi) is 5.62. The fourth-order valence-electron chi connectivity index (χ4n) is 2.07. The normalized spacial score (nSPS) is 10.7. The van der Waals surface area contributed by atoms with Crippen LogP contribution in [0.3, 0.4) is 0 Å². The summed E-state index contributed by atoms with van der Waals surface area (Å²) < 4.78 is 12.2. The van der Waals surface area contributed by atoms with Crippen LogP contribution < -0.4 is 9.47 Å². The minimum atomic E-state index is 0.383. The Hall–Kier alpha value is -2.03. The Morgan fingerprint density at radius 3 is 2.72 bits per heavy atom. The van der Waals surface area contributed by atoms with Gasteiger partial charge in [0, 0.05) is 11.8 Å². The van der Waals surface area contributed by atoms with Gasteiger partial charge in [0.1, 0.15) is 22.3 Å². The molecule has 0 amide bonds. The van der Waals surface area contributed by atoms with Gasteiger partial charge in [-0.3, -0.25) is 0 Å². The first-order valence-corrected chi connectivity index (χ1v) is 8.81. The molecule has 3 rings (SSSR count).